The number of aryl methyl sites for hydroxylation is 1. The molecule has 0 N–H and O–H groups in total. The lowest BCUT2D eigenvalue weighted by molar-refractivity contribution is 0.103. The molecule has 2 aromatic rings. The van der Waals surface area contributed by atoms with Crippen LogP contribution in [0.1, 0.15) is 27.2 Å². The fraction of sp³-hybridized carbons (Fsp3) is 0.214. The maximum absolute atomic E-state index is 12.4. The first kappa shape index (κ1) is 11.8. The number of hydrogen-bond donors (Lipinski definition) is 0. The minimum Gasteiger partial charge on any atom is -0.493 e. The van der Waals surface area contributed by atoms with E-state index in [2.05, 4.69) is 0 Å². The van der Waals surface area contributed by atoms with Crippen LogP contribution in [0.2, 0.25) is 4.34 Å². The number of rotatable bonds is 2. The lowest BCUT2D eigenvalue weighted by Crippen LogP contribution is -2.12. The summed E-state index contributed by atoms with van der Waals surface area (Å²) >= 11 is 7.17. The molecule has 1 aromatic heterocycles. The largest absolute Gasteiger partial charge is 0.493 e. The number of benzene rings is 1. The van der Waals surface area contributed by atoms with E-state index in [-0.39, 0.29) is 5.78 Å². The molecule has 1 aliphatic rings. The van der Waals surface area contributed by atoms with Gasteiger partial charge in [0, 0.05) is 0 Å². The number of ketones is 1. The Labute approximate surface area is 114 Å². The second-order valence-electron chi connectivity index (χ2n) is 4.18. The molecule has 3 rings (SSSR count). The minimum atomic E-state index is -0.00866. The van der Waals surface area contributed by atoms with Crippen molar-refractivity contribution in [1.82, 2.24) is 0 Å². The summed E-state index contributed by atoms with van der Waals surface area (Å²) in [5, 5.41) is 0. The number of thiophene rings is 1. The molecule has 0 atom stereocenters. The highest BCUT2D eigenvalue weighted by atomic mass is 35.5. The van der Waals surface area contributed by atoms with Gasteiger partial charge in [-0.15, -0.1) is 11.3 Å². The Bertz CT molecular complexity index is 604. The second kappa shape index (κ2) is 4.75. The van der Waals surface area contributed by atoms with Gasteiger partial charge in [-0.2, -0.15) is 0 Å². The molecule has 2 nitrogen and oxygen atoms in total. The number of carbonyl (C=O) groups is 1. The van der Waals surface area contributed by atoms with E-state index in [1.165, 1.54) is 11.3 Å². The van der Waals surface area contributed by atoms with E-state index in [9.17, 15) is 4.79 Å². The van der Waals surface area contributed by atoms with E-state index in [1.54, 1.807) is 12.1 Å². The van der Waals surface area contributed by atoms with Crippen molar-refractivity contribution in [1.29, 1.82) is 0 Å². The summed E-state index contributed by atoms with van der Waals surface area (Å²) in [6.07, 6.45) is 1.98. The molecule has 18 heavy (non-hydrogen) atoms. The van der Waals surface area contributed by atoms with Crippen LogP contribution in [0.15, 0.2) is 30.3 Å². The first-order chi connectivity index (χ1) is 8.75. The van der Waals surface area contributed by atoms with Crippen molar-refractivity contribution in [2.45, 2.75) is 12.8 Å². The van der Waals surface area contributed by atoms with Gasteiger partial charge in [0.2, 0.25) is 5.78 Å². The topological polar surface area (TPSA) is 26.3 Å². The predicted octanol–water partition coefficient (Wildman–Crippen LogP) is 3.96. The van der Waals surface area contributed by atoms with Crippen molar-refractivity contribution in [3.8, 4) is 5.75 Å². The van der Waals surface area contributed by atoms with E-state index < -0.39 is 0 Å². The van der Waals surface area contributed by atoms with Crippen LogP contribution in [0.25, 0.3) is 0 Å². The van der Waals surface area contributed by atoms with Gasteiger partial charge < -0.3 is 4.74 Å². The van der Waals surface area contributed by atoms with Crippen LogP contribution in [0.3, 0.4) is 0 Å². The van der Waals surface area contributed by atoms with Crippen LogP contribution in [-0.4, -0.2) is 12.4 Å². The summed E-state index contributed by atoms with van der Waals surface area (Å²) in [7, 11) is 0. The lowest BCUT2D eigenvalue weighted by atomic mass is 9.99. The van der Waals surface area contributed by atoms with E-state index in [0.29, 0.717) is 21.4 Å². The van der Waals surface area contributed by atoms with Crippen LogP contribution < -0.4 is 4.74 Å². The molecule has 0 saturated heterocycles. The van der Waals surface area contributed by atoms with E-state index in [4.69, 9.17) is 16.3 Å². The van der Waals surface area contributed by atoms with Crippen molar-refractivity contribution in [2.75, 3.05) is 6.61 Å². The molecule has 92 valence electrons. The van der Waals surface area contributed by atoms with E-state index >= 15 is 0 Å². The molecule has 0 aliphatic carbocycles. The van der Waals surface area contributed by atoms with Gasteiger partial charge in [-0.25, -0.2) is 0 Å². The Balaban J connectivity index is 2.04. The monoisotopic (exact) mass is 278 g/mol. The molecule has 0 amide bonds. The van der Waals surface area contributed by atoms with Crippen LogP contribution in [-0.2, 0) is 6.42 Å². The minimum absolute atomic E-state index is 0.00866. The van der Waals surface area contributed by atoms with Crippen molar-refractivity contribution >= 4 is 28.7 Å². The molecule has 2 heterocycles. The molecule has 0 bridgehead atoms. The average Bonchev–Trinajstić information content (AvgIpc) is 2.84. The maximum atomic E-state index is 12.4. The lowest BCUT2D eigenvalue weighted by Gasteiger charge is -2.19. The molecule has 0 unspecified atom stereocenters. The van der Waals surface area contributed by atoms with Crippen molar-refractivity contribution in [2.24, 2.45) is 0 Å². The summed E-state index contributed by atoms with van der Waals surface area (Å²) in [6.45, 7) is 0.683. The Hall–Kier alpha value is -1.32. The first-order valence-corrected chi connectivity index (χ1v) is 7.00. The van der Waals surface area contributed by atoms with E-state index in [0.717, 1.165) is 24.2 Å². The fourth-order valence-electron chi connectivity index (χ4n) is 2.14. The third kappa shape index (κ3) is 2.04. The number of hydrogen-bond acceptors (Lipinski definition) is 3. The molecule has 0 radical (unpaired) electrons. The Morgan fingerprint density at radius 1 is 1.28 bits per heavy atom. The third-order valence-electron chi connectivity index (χ3n) is 2.98. The number of ether oxygens (including phenoxy) is 1. The third-order valence-corrected chi connectivity index (χ3v) is 4.20. The van der Waals surface area contributed by atoms with Gasteiger partial charge in [-0.1, -0.05) is 23.7 Å². The van der Waals surface area contributed by atoms with Gasteiger partial charge >= 0.3 is 0 Å². The summed E-state index contributed by atoms with van der Waals surface area (Å²) in [5.74, 6) is 0.740. The fourth-order valence-corrected chi connectivity index (χ4v) is 3.13. The maximum Gasteiger partial charge on any atom is 0.206 e. The molecule has 4 heteroatoms. The van der Waals surface area contributed by atoms with Gasteiger partial charge in [-0.3, -0.25) is 4.79 Å². The Kier molecular flexibility index (Phi) is 3.10. The quantitative estimate of drug-likeness (QED) is 0.777. The molecule has 0 saturated carbocycles. The number of para-hydroxylation sites is 1. The van der Waals surface area contributed by atoms with Gasteiger partial charge in [0.25, 0.3) is 0 Å². The van der Waals surface area contributed by atoms with Gasteiger partial charge in [0.05, 0.1) is 21.4 Å². The smallest absolute Gasteiger partial charge is 0.206 e. The summed E-state index contributed by atoms with van der Waals surface area (Å²) < 4.78 is 6.28. The number of halogens is 1. The molecule has 0 fully saturated rings. The zero-order valence-corrected chi connectivity index (χ0v) is 11.2. The second-order valence-corrected chi connectivity index (χ2v) is 5.89. The Morgan fingerprint density at radius 2 is 2.17 bits per heavy atom. The number of carbonyl (C=O) groups excluding carboxylic acids is 1. The van der Waals surface area contributed by atoms with Gasteiger partial charge in [0.15, 0.2) is 0 Å². The van der Waals surface area contributed by atoms with Gasteiger partial charge in [0.1, 0.15) is 5.75 Å². The normalized spacial score (nSPS) is 13.8. The summed E-state index contributed by atoms with van der Waals surface area (Å²) in [6, 6.07) is 9.26. The average molecular weight is 279 g/mol. The highest BCUT2D eigenvalue weighted by Crippen LogP contribution is 2.32. The zero-order valence-electron chi connectivity index (χ0n) is 9.61. The summed E-state index contributed by atoms with van der Waals surface area (Å²) in [4.78, 5) is 13.1. The van der Waals surface area contributed by atoms with Crippen LogP contribution >= 0.6 is 22.9 Å². The first-order valence-electron chi connectivity index (χ1n) is 5.80. The standard InChI is InChI=1S/C14H11ClO2S/c15-12-7-6-11(18-12)13(16)10-5-1-3-9-4-2-8-17-14(9)10/h1,3,5-7H,2,4,8H2. The van der Waals surface area contributed by atoms with Crippen molar-refractivity contribution in [3.05, 3.63) is 50.7 Å². The molecule has 1 aromatic carbocycles. The van der Waals surface area contributed by atoms with Gasteiger partial charge in [-0.05, 0) is 36.6 Å². The highest BCUT2D eigenvalue weighted by Gasteiger charge is 2.21. The Morgan fingerprint density at radius 3 is 2.94 bits per heavy atom. The molecular formula is C14H11ClO2S. The zero-order chi connectivity index (χ0) is 12.5. The predicted molar refractivity (Wildman–Crippen MR) is 73.0 cm³/mol. The summed E-state index contributed by atoms with van der Waals surface area (Å²) in [5.41, 5.74) is 1.76. The van der Waals surface area contributed by atoms with Crippen LogP contribution in [0.4, 0.5) is 0 Å². The molecule has 0 spiro atoms. The van der Waals surface area contributed by atoms with Crippen LogP contribution in [0.5, 0.6) is 5.75 Å². The van der Waals surface area contributed by atoms with E-state index in [1.807, 2.05) is 18.2 Å². The van der Waals surface area contributed by atoms with Crippen molar-refractivity contribution in [3.63, 3.8) is 0 Å². The highest BCUT2D eigenvalue weighted by molar-refractivity contribution is 7.18. The molecular weight excluding hydrogens is 268 g/mol. The van der Waals surface area contributed by atoms with Crippen molar-refractivity contribution < 1.29 is 9.53 Å². The van der Waals surface area contributed by atoms with Crippen LogP contribution in [0, 0.1) is 0 Å². The number of fused-ring (bicyclic) bond motifs is 1. The SMILES string of the molecule is O=C(c1ccc(Cl)s1)c1cccc2c1OCCC2. The molecule has 1 aliphatic heterocycles.